The Kier molecular flexibility index (Phi) is 8.34. The van der Waals surface area contributed by atoms with Crippen LogP contribution >= 0.6 is 0 Å². The Bertz CT molecular complexity index is 859. The second-order valence-corrected chi connectivity index (χ2v) is 6.55. The van der Waals surface area contributed by atoms with E-state index in [0.717, 1.165) is 12.0 Å². The number of benzene rings is 2. The molecule has 2 amide bonds. The van der Waals surface area contributed by atoms with Crippen molar-refractivity contribution < 1.29 is 28.5 Å². The number of hydrazine groups is 1. The van der Waals surface area contributed by atoms with Crippen molar-refractivity contribution in [1.29, 1.82) is 0 Å². The molecule has 1 atom stereocenters. The van der Waals surface area contributed by atoms with Crippen LogP contribution in [0, 0.1) is 0 Å². The van der Waals surface area contributed by atoms with Crippen molar-refractivity contribution in [2.24, 2.45) is 0 Å². The third-order valence-electron chi connectivity index (χ3n) is 4.66. The number of ether oxygens (including phenoxy) is 4. The van der Waals surface area contributed by atoms with Crippen LogP contribution in [0.2, 0.25) is 0 Å². The molecule has 0 aromatic heterocycles. The molecule has 8 heteroatoms. The first-order chi connectivity index (χ1) is 14.4. The molecule has 0 spiro atoms. The molecule has 2 aromatic carbocycles. The van der Waals surface area contributed by atoms with E-state index in [2.05, 4.69) is 24.7 Å². The highest BCUT2D eigenvalue weighted by molar-refractivity contribution is 5.96. The van der Waals surface area contributed by atoms with E-state index >= 15 is 0 Å². The average molecular weight is 416 g/mol. The predicted octanol–water partition coefficient (Wildman–Crippen LogP) is 3.07. The Hall–Kier alpha value is -3.42. The summed E-state index contributed by atoms with van der Waals surface area (Å²) in [5.41, 5.74) is 5.96. The first kappa shape index (κ1) is 22.9. The Balaban J connectivity index is 1.98. The molecule has 2 aromatic rings. The summed E-state index contributed by atoms with van der Waals surface area (Å²) in [5.74, 6) is 0.963. The van der Waals surface area contributed by atoms with Crippen LogP contribution < -0.4 is 29.8 Å². The smallest absolute Gasteiger partial charge is 0.276 e. The minimum absolute atomic E-state index is 0.229. The molecule has 0 bridgehead atoms. The van der Waals surface area contributed by atoms with Gasteiger partial charge in [-0.1, -0.05) is 32.0 Å². The molecule has 1 unspecified atom stereocenters. The standard InChI is InChI=1S/C22H28N2O6/c1-6-14(2)16-9-7-8-10-17(16)30-13-20(25)23-24-22(26)15-11-18(27-3)21(29-5)19(12-15)28-4/h7-12,14H,6,13H2,1-5H3,(H,23,25)(H,24,26). The third-order valence-corrected chi connectivity index (χ3v) is 4.66. The molecule has 0 saturated heterocycles. The number of para-hydroxylation sites is 1. The molecule has 8 nitrogen and oxygen atoms in total. The van der Waals surface area contributed by atoms with Gasteiger partial charge in [0.2, 0.25) is 5.75 Å². The summed E-state index contributed by atoms with van der Waals surface area (Å²) in [4.78, 5) is 24.6. The molecule has 0 heterocycles. The Morgan fingerprint density at radius 1 is 0.933 bits per heavy atom. The fourth-order valence-electron chi connectivity index (χ4n) is 2.83. The van der Waals surface area contributed by atoms with Gasteiger partial charge >= 0.3 is 0 Å². The summed E-state index contributed by atoms with van der Waals surface area (Å²) >= 11 is 0. The lowest BCUT2D eigenvalue weighted by atomic mass is 9.98. The predicted molar refractivity (Wildman–Crippen MR) is 112 cm³/mol. The van der Waals surface area contributed by atoms with Crippen LogP contribution in [0.5, 0.6) is 23.0 Å². The molecule has 162 valence electrons. The number of hydrogen-bond donors (Lipinski definition) is 2. The molecule has 0 radical (unpaired) electrons. The molecule has 0 aliphatic rings. The fourth-order valence-corrected chi connectivity index (χ4v) is 2.83. The second kappa shape index (κ2) is 10.9. The summed E-state index contributed by atoms with van der Waals surface area (Å²) in [6.45, 7) is 3.95. The summed E-state index contributed by atoms with van der Waals surface area (Å²) in [6, 6.07) is 10.6. The van der Waals surface area contributed by atoms with Gasteiger partial charge in [-0.15, -0.1) is 0 Å². The van der Waals surface area contributed by atoms with E-state index in [1.807, 2.05) is 24.3 Å². The maximum atomic E-state index is 12.4. The van der Waals surface area contributed by atoms with Crippen molar-refractivity contribution in [2.45, 2.75) is 26.2 Å². The van der Waals surface area contributed by atoms with Crippen LogP contribution in [0.15, 0.2) is 36.4 Å². The van der Waals surface area contributed by atoms with Gasteiger partial charge in [-0.2, -0.15) is 0 Å². The zero-order valence-corrected chi connectivity index (χ0v) is 17.9. The van der Waals surface area contributed by atoms with Crippen molar-refractivity contribution in [3.8, 4) is 23.0 Å². The van der Waals surface area contributed by atoms with Crippen LogP contribution in [-0.4, -0.2) is 39.8 Å². The first-order valence-corrected chi connectivity index (χ1v) is 9.56. The number of hydrogen-bond acceptors (Lipinski definition) is 6. The van der Waals surface area contributed by atoms with Gasteiger partial charge < -0.3 is 18.9 Å². The molecular weight excluding hydrogens is 388 g/mol. The number of carbonyl (C=O) groups excluding carboxylic acids is 2. The Morgan fingerprint density at radius 2 is 1.57 bits per heavy atom. The summed E-state index contributed by atoms with van der Waals surface area (Å²) in [7, 11) is 4.38. The van der Waals surface area contributed by atoms with Crippen LogP contribution in [0.1, 0.15) is 42.1 Å². The van der Waals surface area contributed by atoms with Crippen LogP contribution in [0.25, 0.3) is 0 Å². The number of carbonyl (C=O) groups is 2. The molecule has 2 N–H and O–H groups in total. The van der Waals surface area contributed by atoms with Gasteiger partial charge in [-0.3, -0.25) is 20.4 Å². The SMILES string of the molecule is CCC(C)c1ccccc1OCC(=O)NNC(=O)c1cc(OC)c(OC)c(OC)c1. The van der Waals surface area contributed by atoms with E-state index in [-0.39, 0.29) is 12.2 Å². The van der Waals surface area contributed by atoms with Gasteiger partial charge in [0.1, 0.15) is 5.75 Å². The highest BCUT2D eigenvalue weighted by Gasteiger charge is 2.17. The zero-order chi connectivity index (χ0) is 22.1. The lowest BCUT2D eigenvalue weighted by Gasteiger charge is -2.16. The van der Waals surface area contributed by atoms with Gasteiger partial charge in [0.25, 0.3) is 11.8 Å². The van der Waals surface area contributed by atoms with E-state index in [4.69, 9.17) is 18.9 Å². The molecule has 2 rings (SSSR count). The topological polar surface area (TPSA) is 95.1 Å². The number of amides is 2. The van der Waals surface area contributed by atoms with Gasteiger partial charge in [0.15, 0.2) is 18.1 Å². The zero-order valence-electron chi connectivity index (χ0n) is 17.9. The van der Waals surface area contributed by atoms with E-state index in [0.29, 0.717) is 28.9 Å². The summed E-state index contributed by atoms with van der Waals surface area (Å²) in [5, 5.41) is 0. The number of methoxy groups -OCH3 is 3. The fraction of sp³-hybridized carbons (Fsp3) is 0.364. The Morgan fingerprint density at radius 3 is 2.13 bits per heavy atom. The maximum absolute atomic E-state index is 12.4. The van der Waals surface area contributed by atoms with Crippen molar-refractivity contribution >= 4 is 11.8 Å². The van der Waals surface area contributed by atoms with Crippen molar-refractivity contribution in [2.75, 3.05) is 27.9 Å². The van der Waals surface area contributed by atoms with Gasteiger partial charge in [-0.05, 0) is 36.1 Å². The summed E-state index contributed by atoms with van der Waals surface area (Å²) in [6.07, 6.45) is 0.956. The van der Waals surface area contributed by atoms with Crippen molar-refractivity contribution in [3.05, 3.63) is 47.5 Å². The quantitative estimate of drug-likeness (QED) is 0.610. The van der Waals surface area contributed by atoms with Crippen LogP contribution in [0.4, 0.5) is 0 Å². The summed E-state index contributed by atoms with van der Waals surface area (Å²) < 4.78 is 21.3. The highest BCUT2D eigenvalue weighted by atomic mass is 16.5. The minimum atomic E-state index is -0.539. The van der Waals surface area contributed by atoms with Crippen molar-refractivity contribution in [3.63, 3.8) is 0 Å². The normalized spacial score (nSPS) is 11.2. The molecular formula is C22H28N2O6. The van der Waals surface area contributed by atoms with Gasteiger partial charge in [-0.25, -0.2) is 0 Å². The molecule has 0 aliphatic heterocycles. The number of nitrogens with one attached hydrogen (secondary N) is 2. The van der Waals surface area contributed by atoms with Crippen LogP contribution in [0.3, 0.4) is 0 Å². The lowest BCUT2D eigenvalue weighted by molar-refractivity contribution is -0.123. The molecule has 0 fully saturated rings. The lowest BCUT2D eigenvalue weighted by Crippen LogP contribution is -2.43. The van der Waals surface area contributed by atoms with E-state index in [1.165, 1.54) is 33.5 Å². The van der Waals surface area contributed by atoms with Gasteiger partial charge in [0.05, 0.1) is 21.3 Å². The molecule has 0 aliphatic carbocycles. The minimum Gasteiger partial charge on any atom is -0.493 e. The maximum Gasteiger partial charge on any atom is 0.276 e. The molecule has 30 heavy (non-hydrogen) atoms. The van der Waals surface area contributed by atoms with E-state index in [1.54, 1.807) is 0 Å². The average Bonchev–Trinajstić information content (AvgIpc) is 2.79. The monoisotopic (exact) mass is 416 g/mol. The second-order valence-electron chi connectivity index (χ2n) is 6.55. The van der Waals surface area contributed by atoms with E-state index < -0.39 is 11.8 Å². The van der Waals surface area contributed by atoms with E-state index in [9.17, 15) is 9.59 Å². The van der Waals surface area contributed by atoms with Gasteiger partial charge in [0, 0.05) is 5.56 Å². The third kappa shape index (κ3) is 5.56. The highest BCUT2D eigenvalue weighted by Crippen LogP contribution is 2.38. The van der Waals surface area contributed by atoms with Crippen molar-refractivity contribution in [1.82, 2.24) is 10.9 Å². The molecule has 0 saturated carbocycles. The van der Waals surface area contributed by atoms with Crippen LogP contribution in [-0.2, 0) is 4.79 Å². The Labute approximate surface area is 176 Å². The first-order valence-electron chi connectivity index (χ1n) is 9.56. The number of rotatable bonds is 9. The largest absolute Gasteiger partial charge is 0.493 e.